The maximum atomic E-state index is 14.0. The number of hydrogen-bond acceptors (Lipinski definition) is 2. The van der Waals surface area contributed by atoms with Gasteiger partial charge in [-0.05, 0) is 60.7 Å². The van der Waals surface area contributed by atoms with E-state index in [-0.39, 0.29) is 24.3 Å². The van der Waals surface area contributed by atoms with Gasteiger partial charge in [-0.15, -0.1) is 0 Å². The summed E-state index contributed by atoms with van der Waals surface area (Å²) in [6.07, 6.45) is 9.58. The quantitative estimate of drug-likeness (QED) is 0.268. The van der Waals surface area contributed by atoms with Gasteiger partial charge in [0.2, 0.25) is 0 Å². The Bertz CT molecular complexity index is 1050. The number of rotatable bonds is 10. The summed E-state index contributed by atoms with van der Waals surface area (Å²) in [6, 6.07) is 12.2. The molecule has 0 heterocycles. The monoisotopic (exact) mass is 486 g/mol. The molecule has 0 atom stereocenters. The lowest BCUT2D eigenvalue weighted by molar-refractivity contribution is 0.283. The van der Waals surface area contributed by atoms with Gasteiger partial charge >= 0.3 is 0 Å². The molecular formula is C29H30F4O2. The maximum absolute atomic E-state index is 14.0. The molecule has 6 heteroatoms. The highest BCUT2D eigenvalue weighted by atomic mass is 19.1. The second kappa shape index (κ2) is 12.1. The van der Waals surface area contributed by atoms with Crippen molar-refractivity contribution in [1.82, 2.24) is 0 Å². The Labute approximate surface area is 203 Å². The Kier molecular flexibility index (Phi) is 8.67. The lowest BCUT2D eigenvalue weighted by Crippen LogP contribution is -2.06. The van der Waals surface area contributed by atoms with E-state index in [9.17, 15) is 17.6 Å². The van der Waals surface area contributed by atoms with E-state index in [4.69, 9.17) is 9.47 Å². The van der Waals surface area contributed by atoms with Crippen molar-refractivity contribution in [3.05, 3.63) is 94.6 Å². The molecule has 3 aromatic rings. The van der Waals surface area contributed by atoms with E-state index in [0.717, 1.165) is 36.5 Å². The van der Waals surface area contributed by atoms with E-state index >= 15 is 0 Å². The average Bonchev–Trinajstić information content (AvgIpc) is 2.84. The van der Waals surface area contributed by atoms with Crippen LogP contribution in [0.4, 0.5) is 17.6 Å². The molecule has 1 aliphatic carbocycles. The Hall–Kier alpha value is -3.02. The molecule has 3 aromatic carbocycles. The Morgan fingerprint density at radius 1 is 0.657 bits per heavy atom. The molecule has 0 saturated heterocycles. The first kappa shape index (κ1) is 25.1. The van der Waals surface area contributed by atoms with Crippen LogP contribution < -0.4 is 9.47 Å². The van der Waals surface area contributed by atoms with Crippen LogP contribution in [0.5, 0.6) is 11.5 Å². The molecule has 0 spiro atoms. The smallest absolute Gasteiger partial charge is 0.132 e. The van der Waals surface area contributed by atoms with Crippen molar-refractivity contribution in [2.75, 3.05) is 0 Å². The molecule has 0 bridgehead atoms. The third kappa shape index (κ3) is 7.48. The van der Waals surface area contributed by atoms with Crippen LogP contribution in [0, 0.1) is 29.2 Å². The molecule has 186 valence electrons. The lowest BCUT2D eigenvalue weighted by Gasteiger charge is -2.21. The summed E-state index contributed by atoms with van der Waals surface area (Å²) in [4.78, 5) is 0. The Morgan fingerprint density at radius 3 is 1.71 bits per heavy atom. The zero-order valence-electron chi connectivity index (χ0n) is 19.7. The van der Waals surface area contributed by atoms with Crippen LogP contribution in [-0.2, 0) is 19.6 Å². The summed E-state index contributed by atoms with van der Waals surface area (Å²) in [5.41, 5.74) is 1.49. The normalized spacial score (nSPS) is 14.2. The van der Waals surface area contributed by atoms with Gasteiger partial charge in [0, 0.05) is 29.3 Å². The maximum Gasteiger partial charge on any atom is 0.132 e. The molecule has 35 heavy (non-hydrogen) atoms. The molecule has 1 saturated carbocycles. The SMILES string of the molecule is Fc1ccc(COc2cc(CCCC3CCCCC3)cc(OCc3ccc(F)cc3F)c2)c(F)c1. The zero-order chi connectivity index (χ0) is 24.6. The van der Waals surface area contributed by atoms with E-state index in [1.54, 1.807) is 6.07 Å². The summed E-state index contributed by atoms with van der Waals surface area (Å²) in [7, 11) is 0. The van der Waals surface area contributed by atoms with E-state index in [1.165, 1.54) is 62.8 Å². The van der Waals surface area contributed by atoms with E-state index in [0.29, 0.717) is 11.5 Å². The van der Waals surface area contributed by atoms with Gasteiger partial charge in [0.1, 0.15) is 48.0 Å². The highest BCUT2D eigenvalue weighted by Gasteiger charge is 2.14. The van der Waals surface area contributed by atoms with Crippen LogP contribution in [0.3, 0.4) is 0 Å². The first-order chi connectivity index (χ1) is 17.0. The van der Waals surface area contributed by atoms with Gasteiger partial charge in [-0.1, -0.05) is 38.5 Å². The number of aryl methyl sites for hydroxylation is 1. The summed E-state index contributed by atoms with van der Waals surface area (Å²) in [5, 5.41) is 0. The van der Waals surface area contributed by atoms with Crippen molar-refractivity contribution in [3.8, 4) is 11.5 Å². The van der Waals surface area contributed by atoms with Crippen LogP contribution in [0.1, 0.15) is 61.6 Å². The summed E-state index contributed by atoms with van der Waals surface area (Å²) >= 11 is 0. The minimum atomic E-state index is -0.670. The highest BCUT2D eigenvalue weighted by Crippen LogP contribution is 2.30. The first-order valence-corrected chi connectivity index (χ1v) is 12.2. The van der Waals surface area contributed by atoms with Gasteiger partial charge in [0.05, 0.1) is 0 Å². The van der Waals surface area contributed by atoms with Crippen molar-refractivity contribution in [2.24, 2.45) is 5.92 Å². The minimum Gasteiger partial charge on any atom is -0.489 e. The van der Waals surface area contributed by atoms with Gasteiger partial charge in [-0.25, -0.2) is 17.6 Å². The van der Waals surface area contributed by atoms with Crippen molar-refractivity contribution < 1.29 is 27.0 Å². The van der Waals surface area contributed by atoms with E-state index < -0.39 is 23.3 Å². The summed E-state index contributed by atoms with van der Waals surface area (Å²) < 4.78 is 66.1. The Morgan fingerprint density at radius 2 is 1.20 bits per heavy atom. The largest absolute Gasteiger partial charge is 0.489 e. The van der Waals surface area contributed by atoms with Crippen molar-refractivity contribution in [3.63, 3.8) is 0 Å². The fourth-order valence-electron chi connectivity index (χ4n) is 4.61. The van der Waals surface area contributed by atoms with Gasteiger partial charge in [0.15, 0.2) is 0 Å². The molecule has 0 radical (unpaired) electrons. The topological polar surface area (TPSA) is 18.5 Å². The van der Waals surface area contributed by atoms with Crippen LogP contribution in [0.25, 0.3) is 0 Å². The zero-order valence-corrected chi connectivity index (χ0v) is 19.7. The number of halogens is 4. The van der Waals surface area contributed by atoms with Gasteiger partial charge in [0.25, 0.3) is 0 Å². The van der Waals surface area contributed by atoms with Gasteiger partial charge < -0.3 is 9.47 Å². The van der Waals surface area contributed by atoms with Crippen LogP contribution in [-0.4, -0.2) is 0 Å². The molecule has 0 amide bonds. The third-order valence-electron chi connectivity index (χ3n) is 6.56. The fraction of sp³-hybridized carbons (Fsp3) is 0.379. The van der Waals surface area contributed by atoms with Gasteiger partial charge in [-0.2, -0.15) is 0 Å². The minimum absolute atomic E-state index is 0.0658. The first-order valence-electron chi connectivity index (χ1n) is 12.2. The van der Waals surface area contributed by atoms with Crippen LogP contribution >= 0.6 is 0 Å². The molecule has 0 N–H and O–H groups in total. The molecule has 0 unspecified atom stereocenters. The molecule has 1 aliphatic rings. The van der Waals surface area contributed by atoms with Crippen molar-refractivity contribution >= 4 is 0 Å². The van der Waals surface area contributed by atoms with Crippen molar-refractivity contribution in [2.45, 2.75) is 64.6 Å². The van der Waals surface area contributed by atoms with Crippen LogP contribution in [0.15, 0.2) is 54.6 Å². The molecule has 4 rings (SSSR count). The Balaban J connectivity index is 1.45. The third-order valence-corrected chi connectivity index (χ3v) is 6.56. The lowest BCUT2D eigenvalue weighted by atomic mass is 9.85. The van der Waals surface area contributed by atoms with E-state index in [1.807, 2.05) is 12.1 Å². The van der Waals surface area contributed by atoms with Gasteiger partial charge in [-0.3, -0.25) is 0 Å². The predicted molar refractivity (Wildman–Crippen MR) is 127 cm³/mol. The second-order valence-corrected chi connectivity index (χ2v) is 9.26. The number of hydrogen-bond donors (Lipinski definition) is 0. The number of ether oxygens (including phenoxy) is 2. The van der Waals surface area contributed by atoms with Crippen molar-refractivity contribution in [1.29, 1.82) is 0 Å². The summed E-state index contributed by atoms with van der Waals surface area (Å²) in [5.74, 6) is -0.877. The van der Waals surface area contributed by atoms with E-state index in [2.05, 4.69) is 0 Å². The highest BCUT2D eigenvalue weighted by molar-refractivity contribution is 5.39. The molecular weight excluding hydrogens is 456 g/mol. The second-order valence-electron chi connectivity index (χ2n) is 9.26. The predicted octanol–water partition coefficient (Wildman–Crippen LogP) is 8.30. The average molecular weight is 487 g/mol. The number of benzene rings is 3. The fourth-order valence-corrected chi connectivity index (χ4v) is 4.61. The molecule has 1 fully saturated rings. The molecule has 0 aromatic heterocycles. The molecule has 0 aliphatic heterocycles. The van der Waals surface area contributed by atoms with Crippen LogP contribution in [0.2, 0.25) is 0 Å². The standard InChI is InChI=1S/C29H30F4O2/c30-24-11-9-22(28(32)15-24)18-34-26-13-21(8-4-7-20-5-2-1-3-6-20)14-27(17-26)35-19-23-10-12-25(31)16-29(23)33/h9-17,20H,1-8,18-19H2. The molecule has 2 nitrogen and oxygen atoms in total. The summed E-state index contributed by atoms with van der Waals surface area (Å²) in [6.45, 7) is -0.132.